The molecule has 4 rings (SSSR count). The Morgan fingerprint density at radius 3 is 2.27 bits per heavy atom. The maximum atomic E-state index is 12.0. The number of nitrogens with one attached hydrogen (secondary N) is 1. The van der Waals surface area contributed by atoms with Gasteiger partial charge >= 0.3 is 0 Å². The highest BCUT2D eigenvalue weighted by atomic mass is 16.3. The molecule has 0 aliphatic heterocycles. The van der Waals surface area contributed by atoms with E-state index in [9.17, 15) is 9.90 Å². The fourth-order valence-electron chi connectivity index (χ4n) is 4.01. The van der Waals surface area contributed by atoms with Gasteiger partial charge in [-0.05, 0) is 55.9 Å². The summed E-state index contributed by atoms with van der Waals surface area (Å²) in [5, 5.41) is 11.6. The van der Waals surface area contributed by atoms with Crippen molar-refractivity contribution in [2.45, 2.75) is 27.3 Å². The zero-order valence-electron chi connectivity index (χ0n) is 19.3. The topological polar surface area (TPSA) is 68.7 Å². The Labute approximate surface area is 194 Å². The molecule has 1 heterocycles. The van der Waals surface area contributed by atoms with Gasteiger partial charge in [0.1, 0.15) is 0 Å². The second-order valence-corrected chi connectivity index (χ2v) is 8.12. The van der Waals surface area contributed by atoms with Gasteiger partial charge in [0.15, 0.2) is 11.7 Å². The lowest BCUT2D eigenvalue weighted by molar-refractivity contribution is 0.101. The predicted molar refractivity (Wildman–Crippen MR) is 135 cm³/mol. The molecule has 0 saturated carbocycles. The van der Waals surface area contributed by atoms with E-state index in [0.717, 1.165) is 41.8 Å². The molecular weight excluding hydrogens is 410 g/mol. The van der Waals surface area contributed by atoms with E-state index >= 15 is 0 Å². The Bertz CT molecular complexity index is 1280. The minimum Gasteiger partial charge on any atom is -0.494 e. The lowest BCUT2D eigenvalue weighted by atomic mass is 9.99. The summed E-state index contributed by atoms with van der Waals surface area (Å²) in [6.07, 6.45) is 0. The molecule has 5 heteroatoms. The van der Waals surface area contributed by atoms with Crippen LogP contribution < -0.4 is 0 Å². The highest BCUT2D eigenvalue weighted by Gasteiger charge is 2.19. The molecular formula is C28H29N3O2. The predicted octanol–water partition coefficient (Wildman–Crippen LogP) is 6.09. The lowest BCUT2D eigenvalue weighted by Gasteiger charge is -2.17. The molecule has 2 N–H and O–H groups in total. The number of aromatic amines is 1. The Morgan fingerprint density at radius 1 is 0.939 bits per heavy atom. The van der Waals surface area contributed by atoms with Crippen LogP contribution in [0, 0.1) is 0 Å². The van der Waals surface area contributed by atoms with Gasteiger partial charge in [0, 0.05) is 28.6 Å². The number of hydrogen-bond acceptors (Lipinski definition) is 4. The summed E-state index contributed by atoms with van der Waals surface area (Å²) in [4.78, 5) is 22.3. The largest absolute Gasteiger partial charge is 0.494 e. The zero-order chi connectivity index (χ0) is 23.4. The van der Waals surface area contributed by atoms with Crippen LogP contribution in [0.4, 0.5) is 5.69 Å². The molecule has 0 bridgehead atoms. The van der Waals surface area contributed by atoms with Crippen LogP contribution in [0.25, 0.3) is 10.9 Å². The van der Waals surface area contributed by atoms with Crippen molar-refractivity contribution in [2.24, 2.45) is 4.99 Å². The summed E-state index contributed by atoms with van der Waals surface area (Å²) in [5.41, 5.74) is 5.51. The maximum absolute atomic E-state index is 12.0. The summed E-state index contributed by atoms with van der Waals surface area (Å²) in [6.45, 7) is 8.80. The van der Waals surface area contributed by atoms with E-state index in [2.05, 4.69) is 35.9 Å². The molecule has 4 aromatic rings. The lowest BCUT2D eigenvalue weighted by Crippen LogP contribution is -2.21. The van der Waals surface area contributed by atoms with Gasteiger partial charge in [-0.15, -0.1) is 0 Å². The third-order valence-corrected chi connectivity index (χ3v) is 5.95. The van der Waals surface area contributed by atoms with E-state index in [-0.39, 0.29) is 11.7 Å². The van der Waals surface area contributed by atoms with Crippen LogP contribution in [0.3, 0.4) is 0 Å². The molecule has 3 aromatic carbocycles. The fourth-order valence-corrected chi connectivity index (χ4v) is 4.01. The van der Waals surface area contributed by atoms with Crippen molar-refractivity contribution >= 4 is 28.1 Å². The van der Waals surface area contributed by atoms with Gasteiger partial charge in [-0.2, -0.15) is 0 Å². The molecule has 1 aromatic heterocycles. The number of Topliss-reactive ketones (excluding diaryl/α,β-unsaturated/α-hetero) is 1. The molecule has 0 aliphatic carbocycles. The number of ketones is 1. The van der Waals surface area contributed by atoms with Crippen molar-refractivity contribution in [1.29, 1.82) is 0 Å². The quantitative estimate of drug-likeness (QED) is 0.258. The normalized spacial score (nSPS) is 11.9. The van der Waals surface area contributed by atoms with Gasteiger partial charge in [-0.3, -0.25) is 9.69 Å². The van der Waals surface area contributed by atoms with Gasteiger partial charge in [-0.1, -0.05) is 56.3 Å². The number of fused-ring (bicyclic) bond motifs is 1. The van der Waals surface area contributed by atoms with E-state index in [1.54, 1.807) is 13.0 Å². The number of rotatable bonds is 8. The molecule has 33 heavy (non-hydrogen) atoms. The van der Waals surface area contributed by atoms with Gasteiger partial charge < -0.3 is 10.1 Å². The molecule has 0 spiro atoms. The summed E-state index contributed by atoms with van der Waals surface area (Å²) in [6, 6.07) is 23.4. The maximum Gasteiger partial charge on any atom is 0.199 e. The van der Waals surface area contributed by atoms with Gasteiger partial charge in [-0.25, -0.2) is 4.99 Å². The average Bonchev–Trinajstić information content (AvgIpc) is 3.17. The van der Waals surface area contributed by atoms with E-state index in [0.29, 0.717) is 16.8 Å². The number of benzene rings is 3. The molecule has 0 radical (unpaired) electrons. The van der Waals surface area contributed by atoms with Crippen LogP contribution in [0.5, 0.6) is 5.88 Å². The molecule has 0 amide bonds. The Morgan fingerprint density at radius 2 is 1.64 bits per heavy atom. The monoisotopic (exact) mass is 439 g/mol. The standard InChI is InChI=1S/C28H29N3O2/c1-4-31(5-2)18-20-11-14-23(15-12-20)29-27(21-9-7-6-8-10-21)26-24-17-22(19(3)32)13-16-25(24)30-28(26)33/h6-17,30,33H,4-5,18H2,1-3H3. The molecule has 0 aliphatic rings. The third-order valence-electron chi connectivity index (χ3n) is 5.95. The van der Waals surface area contributed by atoms with E-state index in [1.165, 1.54) is 5.56 Å². The van der Waals surface area contributed by atoms with Gasteiger partial charge in [0.05, 0.1) is 17.0 Å². The fraction of sp³-hybridized carbons (Fsp3) is 0.214. The first-order valence-corrected chi connectivity index (χ1v) is 11.3. The van der Waals surface area contributed by atoms with Gasteiger partial charge in [0.2, 0.25) is 0 Å². The van der Waals surface area contributed by atoms with Crippen molar-refractivity contribution in [3.63, 3.8) is 0 Å². The number of nitrogens with zero attached hydrogens (tertiary/aromatic N) is 2. The molecule has 0 saturated heterocycles. The van der Waals surface area contributed by atoms with Crippen LogP contribution >= 0.6 is 0 Å². The van der Waals surface area contributed by atoms with E-state index < -0.39 is 0 Å². The molecule has 0 fully saturated rings. The number of aliphatic imine (C=N–C) groups is 1. The average molecular weight is 440 g/mol. The summed E-state index contributed by atoms with van der Waals surface area (Å²) >= 11 is 0. The minimum atomic E-state index is -0.0227. The van der Waals surface area contributed by atoms with Crippen molar-refractivity contribution in [1.82, 2.24) is 9.88 Å². The van der Waals surface area contributed by atoms with E-state index in [4.69, 9.17) is 4.99 Å². The molecule has 168 valence electrons. The van der Waals surface area contributed by atoms with Crippen molar-refractivity contribution in [3.05, 3.63) is 95.1 Å². The summed E-state index contributed by atoms with van der Waals surface area (Å²) < 4.78 is 0. The number of aromatic nitrogens is 1. The number of hydrogen-bond donors (Lipinski definition) is 2. The van der Waals surface area contributed by atoms with Crippen LogP contribution in [-0.4, -0.2) is 39.6 Å². The number of H-pyrrole nitrogens is 1. The van der Waals surface area contributed by atoms with Crippen LogP contribution in [-0.2, 0) is 6.54 Å². The Hall–Kier alpha value is -3.70. The van der Waals surface area contributed by atoms with Crippen molar-refractivity contribution in [2.75, 3.05) is 13.1 Å². The van der Waals surface area contributed by atoms with Crippen LogP contribution in [0.1, 0.15) is 47.8 Å². The second-order valence-electron chi connectivity index (χ2n) is 8.12. The first kappa shape index (κ1) is 22.5. The van der Waals surface area contributed by atoms with Crippen LogP contribution in [0.15, 0.2) is 77.8 Å². The Balaban J connectivity index is 1.82. The highest BCUT2D eigenvalue weighted by molar-refractivity contribution is 6.22. The summed E-state index contributed by atoms with van der Waals surface area (Å²) in [5.74, 6) is 0.0111. The van der Waals surface area contributed by atoms with E-state index in [1.807, 2.05) is 54.6 Å². The van der Waals surface area contributed by atoms with Gasteiger partial charge in [0.25, 0.3) is 0 Å². The van der Waals surface area contributed by atoms with Crippen molar-refractivity contribution < 1.29 is 9.90 Å². The first-order valence-electron chi connectivity index (χ1n) is 11.3. The zero-order valence-corrected chi connectivity index (χ0v) is 19.3. The third kappa shape index (κ3) is 4.89. The smallest absolute Gasteiger partial charge is 0.199 e. The molecule has 0 atom stereocenters. The number of carbonyl (C=O) groups excluding carboxylic acids is 1. The molecule has 0 unspecified atom stereocenters. The number of carbonyl (C=O) groups is 1. The molecule has 5 nitrogen and oxygen atoms in total. The summed E-state index contributed by atoms with van der Waals surface area (Å²) in [7, 11) is 0. The first-order chi connectivity index (χ1) is 16.0. The van der Waals surface area contributed by atoms with Crippen LogP contribution in [0.2, 0.25) is 0 Å². The second kappa shape index (κ2) is 9.84. The SMILES string of the molecule is CCN(CC)Cc1ccc(N=C(c2ccccc2)c2c(O)[nH]c3ccc(C(C)=O)cc23)cc1. The highest BCUT2D eigenvalue weighted by Crippen LogP contribution is 2.32. The Kier molecular flexibility index (Phi) is 6.71. The van der Waals surface area contributed by atoms with Crippen molar-refractivity contribution in [3.8, 4) is 5.88 Å². The minimum absolute atomic E-state index is 0.0227. The number of aromatic hydroxyl groups is 1.